The number of pyridine rings is 1. The Morgan fingerprint density at radius 1 is 1.21 bits per heavy atom. The monoisotopic (exact) mass is 260 g/mol. The standard InChI is InChI=1S/C13H10FN3O2/c14-10-6-2-1-5-9(10)13(18)19-17-12(15)11-7-3-4-8-16-11/h1-8H,(H2,15,17)/p+1. The molecule has 0 aliphatic heterocycles. The number of nitrogens with zero attached hydrogens (tertiary/aromatic N) is 1. The zero-order valence-electron chi connectivity index (χ0n) is 9.84. The van der Waals surface area contributed by atoms with Crippen molar-refractivity contribution in [2.75, 3.05) is 0 Å². The van der Waals surface area contributed by atoms with Crippen LogP contribution >= 0.6 is 0 Å². The predicted molar refractivity (Wildman–Crippen MR) is 65.5 cm³/mol. The first-order chi connectivity index (χ1) is 9.18. The number of nitrogens with two attached hydrogens (primary N) is 1. The van der Waals surface area contributed by atoms with Gasteiger partial charge in [0.15, 0.2) is 6.20 Å². The van der Waals surface area contributed by atoms with Crippen molar-refractivity contribution in [2.24, 2.45) is 10.9 Å². The number of hydrogen-bond acceptors (Lipinski definition) is 3. The molecule has 1 heterocycles. The highest BCUT2D eigenvalue weighted by Gasteiger charge is 2.13. The molecule has 0 aliphatic carbocycles. The molecule has 0 amide bonds. The molecule has 6 heteroatoms. The third-order valence-corrected chi connectivity index (χ3v) is 2.31. The van der Waals surface area contributed by atoms with Gasteiger partial charge in [-0.25, -0.2) is 14.2 Å². The first-order valence-electron chi connectivity index (χ1n) is 5.45. The first-order valence-corrected chi connectivity index (χ1v) is 5.45. The Hall–Kier alpha value is -2.76. The van der Waals surface area contributed by atoms with Crippen molar-refractivity contribution >= 4 is 11.8 Å². The van der Waals surface area contributed by atoms with E-state index < -0.39 is 11.8 Å². The molecule has 0 bridgehead atoms. The van der Waals surface area contributed by atoms with E-state index in [2.05, 4.69) is 15.0 Å². The van der Waals surface area contributed by atoms with E-state index in [1.165, 1.54) is 18.2 Å². The molecule has 2 aromatic rings. The second kappa shape index (κ2) is 5.72. The molecule has 0 spiro atoms. The SMILES string of the molecule is NC(=NOC(=O)c1ccccc1F)c1cccc[nH+]1. The summed E-state index contributed by atoms with van der Waals surface area (Å²) >= 11 is 0. The Balaban J connectivity index is 2.11. The summed E-state index contributed by atoms with van der Waals surface area (Å²) in [6.07, 6.45) is 1.65. The molecule has 1 aromatic heterocycles. The van der Waals surface area contributed by atoms with Crippen LogP contribution in [0.5, 0.6) is 0 Å². The number of aromatic nitrogens is 1. The molecule has 1 aromatic carbocycles. The summed E-state index contributed by atoms with van der Waals surface area (Å²) in [5, 5.41) is 3.46. The van der Waals surface area contributed by atoms with Gasteiger partial charge in [0.25, 0.3) is 0 Å². The molecule has 0 fully saturated rings. The van der Waals surface area contributed by atoms with E-state index in [-0.39, 0.29) is 11.4 Å². The summed E-state index contributed by atoms with van der Waals surface area (Å²) in [6, 6.07) is 10.6. The molecule has 0 radical (unpaired) electrons. The third kappa shape index (κ3) is 3.12. The topological polar surface area (TPSA) is 78.8 Å². The summed E-state index contributed by atoms with van der Waals surface area (Å²) in [4.78, 5) is 19.0. The maximum atomic E-state index is 13.3. The van der Waals surface area contributed by atoms with Crippen molar-refractivity contribution in [3.63, 3.8) is 0 Å². The normalized spacial score (nSPS) is 11.1. The minimum absolute atomic E-state index is 0.00899. The van der Waals surface area contributed by atoms with Gasteiger partial charge in [-0.15, -0.1) is 0 Å². The minimum atomic E-state index is -0.906. The minimum Gasteiger partial charge on any atom is -0.375 e. The van der Waals surface area contributed by atoms with Gasteiger partial charge in [-0.2, -0.15) is 0 Å². The van der Waals surface area contributed by atoms with Crippen molar-refractivity contribution in [1.29, 1.82) is 0 Å². The highest BCUT2D eigenvalue weighted by atomic mass is 19.1. The van der Waals surface area contributed by atoms with Gasteiger partial charge in [0.2, 0.25) is 11.5 Å². The molecule has 3 N–H and O–H groups in total. The molecule has 0 aliphatic rings. The van der Waals surface area contributed by atoms with Crippen LogP contribution in [0.2, 0.25) is 0 Å². The van der Waals surface area contributed by atoms with Crippen LogP contribution in [0.15, 0.2) is 53.8 Å². The van der Waals surface area contributed by atoms with Gasteiger partial charge in [0.1, 0.15) is 5.82 Å². The average molecular weight is 260 g/mol. The Morgan fingerprint density at radius 3 is 2.63 bits per heavy atom. The molecular weight excluding hydrogens is 249 g/mol. The Bertz CT molecular complexity index is 614. The van der Waals surface area contributed by atoms with E-state index >= 15 is 0 Å². The highest BCUT2D eigenvalue weighted by Crippen LogP contribution is 2.08. The lowest BCUT2D eigenvalue weighted by atomic mass is 10.2. The van der Waals surface area contributed by atoms with Crippen molar-refractivity contribution in [2.45, 2.75) is 0 Å². The fraction of sp³-hybridized carbons (Fsp3) is 0. The quantitative estimate of drug-likeness (QED) is 0.388. The Labute approximate surface area is 108 Å². The summed E-state index contributed by atoms with van der Waals surface area (Å²) in [7, 11) is 0. The number of oxime groups is 1. The lowest BCUT2D eigenvalue weighted by molar-refractivity contribution is -0.380. The zero-order chi connectivity index (χ0) is 13.7. The maximum absolute atomic E-state index is 13.3. The van der Waals surface area contributed by atoms with Crippen LogP contribution < -0.4 is 10.7 Å². The predicted octanol–water partition coefficient (Wildman–Crippen LogP) is 1.12. The third-order valence-electron chi connectivity index (χ3n) is 2.31. The van der Waals surface area contributed by atoms with Crippen LogP contribution in [0.4, 0.5) is 4.39 Å². The lowest BCUT2D eigenvalue weighted by Crippen LogP contribution is -2.24. The highest BCUT2D eigenvalue weighted by molar-refractivity contribution is 5.95. The number of benzene rings is 1. The molecule has 19 heavy (non-hydrogen) atoms. The number of H-pyrrole nitrogens is 1. The van der Waals surface area contributed by atoms with E-state index in [4.69, 9.17) is 5.73 Å². The lowest BCUT2D eigenvalue weighted by Gasteiger charge is -1.99. The van der Waals surface area contributed by atoms with Crippen molar-refractivity contribution in [1.82, 2.24) is 0 Å². The van der Waals surface area contributed by atoms with Crippen LogP contribution in [-0.2, 0) is 4.84 Å². The van der Waals surface area contributed by atoms with Gasteiger partial charge in [-0.3, -0.25) is 0 Å². The smallest absolute Gasteiger partial charge is 0.368 e. The number of carbonyl (C=O) groups excluding carboxylic acids is 1. The Kier molecular flexibility index (Phi) is 3.82. The fourth-order valence-corrected chi connectivity index (χ4v) is 1.37. The molecule has 0 saturated carbocycles. The Morgan fingerprint density at radius 2 is 1.95 bits per heavy atom. The number of rotatable bonds is 3. The zero-order valence-corrected chi connectivity index (χ0v) is 9.84. The van der Waals surface area contributed by atoms with Crippen LogP contribution in [0.3, 0.4) is 0 Å². The fourth-order valence-electron chi connectivity index (χ4n) is 1.37. The summed E-state index contributed by atoms with van der Waals surface area (Å²) in [5.74, 6) is -1.59. The van der Waals surface area contributed by atoms with Crippen LogP contribution in [0, 0.1) is 5.82 Å². The number of carbonyl (C=O) groups is 1. The number of amidine groups is 1. The van der Waals surface area contributed by atoms with E-state index in [0.717, 1.165) is 6.07 Å². The van der Waals surface area contributed by atoms with Crippen LogP contribution in [0.25, 0.3) is 0 Å². The molecule has 0 atom stereocenters. The van der Waals surface area contributed by atoms with E-state index in [1.54, 1.807) is 24.4 Å². The summed E-state index contributed by atoms with van der Waals surface area (Å²) < 4.78 is 13.3. The van der Waals surface area contributed by atoms with Crippen molar-refractivity contribution < 1.29 is 19.0 Å². The average Bonchev–Trinajstić information content (AvgIpc) is 2.46. The molecule has 96 valence electrons. The number of aromatic amines is 1. The summed E-state index contributed by atoms with van der Waals surface area (Å²) in [5.41, 5.74) is 5.90. The van der Waals surface area contributed by atoms with E-state index in [0.29, 0.717) is 5.69 Å². The van der Waals surface area contributed by atoms with Gasteiger partial charge in [-0.05, 0) is 18.2 Å². The molecule has 2 rings (SSSR count). The van der Waals surface area contributed by atoms with Gasteiger partial charge in [0.05, 0.1) is 5.56 Å². The maximum Gasteiger partial charge on any atom is 0.368 e. The van der Waals surface area contributed by atoms with Crippen molar-refractivity contribution in [3.8, 4) is 0 Å². The van der Waals surface area contributed by atoms with Gasteiger partial charge < -0.3 is 10.6 Å². The largest absolute Gasteiger partial charge is 0.375 e. The second-order valence-corrected chi connectivity index (χ2v) is 3.61. The molecule has 0 saturated heterocycles. The number of nitrogens with one attached hydrogen (secondary N) is 1. The van der Waals surface area contributed by atoms with Gasteiger partial charge >= 0.3 is 5.97 Å². The first kappa shape index (κ1) is 12.7. The van der Waals surface area contributed by atoms with Crippen LogP contribution in [0.1, 0.15) is 16.1 Å². The van der Waals surface area contributed by atoms with Crippen molar-refractivity contribution in [3.05, 3.63) is 65.7 Å². The number of halogens is 1. The summed E-state index contributed by atoms with van der Waals surface area (Å²) in [6.45, 7) is 0. The van der Waals surface area contributed by atoms with Gasteiger partial charge in [0, 0.05) is 12.1 Å². The van der Waals surface area contributed by atoms with E-state index in [1.807, 2.05) is 0 Å². The number of hydrogen-bond donors (Lipinski definition) is 1. The molecule has 0 unspecified atom stereocenters. The van der Waals surface area contributed by atoms with E-state index in [9.17, 15) is 9.18 Å². The van der Waals surface area contributed by atoms with Crippen LogP contribution in [-0.4, -0.2) is 11.8 Å². The van der Waals surface area contributed by atoms with Gasteiger partial charge in [-0.1, -0.05) is 17.3 Å². The second-order valence-electron chi connectivity index (χ2n) is 3.61. The molecular formula is C13H11FN3O2+. The molecule has 5 nitrogen and oxygen atoms in total.